The fraction of sp³-hybridized carbons (Fsp3) is 0.455. The summed E-state index contributed by atoms with van der Waals surface area (Å²) in [4.78, 5) is 11.8. The van der Waals surface area contributed by atoms with Crippen molar-refractivity contribution in [3.63, 3.8) is 0 Å². The number of nitrogens with zero attached hydrogens (tertiary/aromatic N) is 2. The number of nitrogens with two attached hydrogens (primary N) is 1. The molecule has 0 unspecified atom stereocenters. The monoisotopic (exact) mass is 204 g/mol. The van der Waals surface area contributed by atoms with E-state index < -0.39 is 0 Å². The van der Waals surface area contributed by atoms with Gasteiger partial charge in [-0.2, -0.15) is 0 Å². The number of aromatic nitrogens is 3. The second-order valence-electron chi connectivity index (χ2n) is 3.68. The Kier molecular flexibility index (Phi) is 3.29. The van der Waals surface area contributed by atoms with Crippen molar-refractivity contribution in [2.24, 2.45) is 5.73 Å². The maximum Gasteiger partial charge on any atom is 0.107 e. The Balaban J connectivity index is 1.97. The normalized spacial score (nSPS) is 11.0. The highest BCUT2D eigenvalue weighted by Crippen LogP contribution is 2.10. The van der Waals surface area contributed by atoms with E-state index in [1.165, 1.54) is 6.42 Å². The molecule has 3 N–H and O–H groups in total. The van der Waals surface area contributed by atoms with E-state index in [-0.39, 0.29) is 0 Å². The number of H-pyrrole nitrogens is 1. The first kappa shape index (κ1) is 10.1. The minimum Gasteiger partial charge on any atom is -0.341 e. The predicted molar refractivity (Wildman–Crippen MR) is 60.5 cm³/mol. The van der Waals surface area contributed by atoms with Gasteiger partial charge in [-0.15, -0.1) is 0 Å². The Morgan fingerprint density at radius 3 is 3.00 bits per heavy atom. The van der Waals surface area contributed by atoms with Crippen molar-refractivity contribution in [3.05, 3.63) is 24.3 Å². The summed E-state index contributed by atoms with van der Waals surface area (Å²) >= 11 is 0. The number of aromatic amines is 1. The summed E-state index contributed by atoms with van der Waals surface area (Å²) < 4.78 is 0. The first-order valence-corrected chi connectivity index (χ1v) is 5.39. The van der Waals surface area contributed by atoms with Crippen LogP contribution in [0.15, 0.2) is 18.5 Å². The molecule has 0 aromatic carbocycles. The molecular formula is C11H16N4. The average molecular weight is 204 g/mol. The van der Waals surface area contributed by atoms with Crippen LogP contribution in [0.25, 0.3) is 11.0 Å². The zero-order valence-electron chi connectivity index (χ0n) is 8.74. The van der Waals surface area contributed by atoms with Gasteiger partial charge < -0.3 is 10.7 Å². The van der Waals surface area contributed by atoms with Crippen LogP contribution >= 0.6 is 0 Å². The number of rotatable bonds is 5. The van der Waals surface area contributed by atoms with E-state index in [2.05, 4.69) is 15.0 Å². The quantitative estimate of drug-likeness (QED) is 0.727. The second kappa shape index (κ2) is 4.89. The summed E-state index contributed by atoms with van der Waals surface area (Å²) in [6.45, 7) is 0.782. The SMILES string of the molecule is NCCCCCc1nc2ccncc2[nH]1. The molecule has 0 saturated heterocycles. The smallest absolute Gasteiger partial charge is 0.107 e. The number of imidazole rings is 1. The lowest BCUT2D eigenvalue weighted by Gasteiger charge is -1.95. The van der Waals surface area contributed by atoms with Crippen LogP contribution in [0.1, 0.15) is 25.1 Å². The van der Waals surface area contributed by atoms with Gasteiger partial charge in [-0.25, -0.2) is 4.98 Å². The lowest BCUT2D eigenvalue weighted by molar-refractivity contribution is 0.674. The number of pyridine rings is 1. The number of aryl methyl sites for hydroxylation is 1. The van der Waals surface area contributed by atoms with E-state index >= 15 is 0 Å². The fourth-order valence-corrected chi connectivity index (χ4v) is 1.64. The molecule has 4 nitrogen and oxygen atoms in total. The van der Waals surface area contributed by atoms with Gasteiger partial charge in [0.2, 0.25) is 0 Å². The number of unbranched alkanes of at least 4 members (excludes halogenated alkanes) is 2. The largest absolute Gasteiger partial charge is 0.341 e. The molecule has 2 rings (SSSR count). The third-order valence-electron chi connectivity index (χ3n) is 2.45. The molecule has 0 atom stereocenters. The van der Waals surface area contributed by atoms with E-state index in [0.29, 0.717) is 0 Å². The topological polar surface area (TPSA) is 67.6 Å². The first-order valence-electron chi connectivity index (χ1n) is 5.39. The first-order chi connectivity index (χ1) is 7.40. The molecule has 15 heavy (non-hydrogen) atoms. The van der Waals surface area contributed by atoms with Gasteiger partial charge >= 0.3 is 0 Å². The molecule has 0 aliphatic heterocycles. The summed E-state index contributed by atoms with van der Waals surface area (Å²) in [5.41, 5.74) is 7.46. The Hall–Kier alpha value is -1.42. The molecule has 0 radical (unpaired) electrons. The van der Waals surface area contributed by atoms with E-state index in [1.807, 2.05) is 12.3 Å². The Morgan fingerprint density at radius 2 is 2.20 bits per heavy atom. The highest BCUT2D eigenvalue weighted by Gasteiger charge is 2.01. The Morgan fingerprint density at radius 1 is 1.27 bits per heavy atom. The molecule has 0 bridgehead atoms. The van der Waals surface area contributed by atoms with Crippen LogP contribution in [-0.2, 0) is 6.42 Å². The highest BCUT2D eigenvalue weighted by atomic mass is 14.9. The Bertz CT molecular complexity index is 388. The van der Waals surface area contributed by atoms with Crippen LogP contribution in [0, 0.1) is 0 Å². The number of hydrogen-bond acceptors (Lipinski definition) is 3. The molecule has 0 spiro atoms. The van der Waals surface area contributed by atoms with Crippen LogP contribution in [-0.4, -0.2) is 21.5 Å². The lowest BCUT2D eigenvalue weighted by Crippen LogP contribution is -1.98. The number of hydrogen-bond donors (Lipinski definition) is 2. The average Bonchev–Trinajstić information content (AvgIpc) is 2.67. The van der Waals surface area contributed by atoms with Crippen LogP contribution in [0.4, 0.5) is 0 Å². The maximum atomic E-state index is 5.44. The molecular weight excluding hydrogens is 188 g/mol. The van der Waals surface area contributed by atoms with Crippen molar-refractivity contribution in [1.29, 1.82) is 0 Å². The molecule has 2 aromatic heterocycles. The van der Waals surface area contributed by atoms with E-state index in [4.69, 9.17) is 5.73 Å². The van der Waals surface area contributed by atoms with Gasteiger partial charge in [0.25, 0.3) is 0 Å². The molecule has 0 amide bonds. The van der Waals surface area contributed by atoms with Crippen molar-refractivity contribution in [2.45, 2.75) is 25.7 Å². The van der Waals surface area contributed by atoms with Crippen molar-refractivity contribution >= 4 is 11.0 Å². The molecule has 2 heterocycles. The third kappa shape index (κ3) is 2.53. The molecule has 4 heteroatoms. The van der Waals surface area contributed by atoms with Gasteiger partial charge in [-0.05, 0) is 25.5 Å². The molecule has 0 saturated carbocycles. The standard InChI is InChI=1S/C11H16N4/c12-6-3-1-2-4-11-14-9-5-7-13-8-10(9)15-11/h5,7-8H,1-4,6,12H2,(H,14,15). The lowest BCUT2D eigenvalue weighted by atomic mass is 10.2. The van der Waals surface area contributed by atoms with Gasteiger partial charge in [-0.1, -0.05) is 6.42 Å². The minimum absolute atomic E-state index is 0.782. The summed E-state index contributed by atoms with van der Waals surface area (Å²) in [6, 6.07) is 1.93. The predicted octanol–water partition coefficient (Wildman–Crippen LogP) is 1.63. The summed E-state index contributed by atoms with van der Waals surface area (Å²) in [7, 11) is 0. The van der Waals surface area contributed by atoms with Crippen LogP contribution in [0.5, 0.6) is 0 Å². The minimum atomic E-state index is 0.782. The maximum absolute atomic E-state index is 5.44. The van der Waals surface area contributed by atoms with Crippen LogP contribution < -0.4 is 5.73 Å². The van der Waals surface area contributed by atoms with Crippen LogP contribution in [0.2, 0.25) is 0 Å². The van der Waals surface area contributed by atoms with Gasteiger partial charge in [0.1, 0.15) is 5.82 Å². The van der Waals surface area contributed by atoms with Gasteiger partial charge in [0, 0.05) is 12.6 Å². The van der Waals surface area contributed by atoms with Gasteiger partial charge in [0.05, 0.1) is 17.2 Å². The summed E-state index contributed by atoms with van der Waals surface area (Å²) in [5, 5.41) is 0. The van der Waals surface area contributed by atoms with Crippen molar-refractivity contribution in [3.8, 4) is 0 Å². The van der Waals surface area contributed by atoms with Gasteiger partial charge in [0.15, 0.2) is 0 Å². The second-order valence-corrected chi connectivity index (χ2v) is 3.68. The zero-order valence-corrected chi connectivity index (χ0v) is 8.74. The molecule has 0 aliphatic carbocycles. The van der Waals surface area contributed by atoms with Crippen molar-refractivity contribution < 1.29 is 0 Å². The number of nitrogens with one attached hydrogen (secondary N) is 1. The van der Waals surface area contributed by atoms with E-state index in [9.17, 15) is 0 Å². The Labute approximate surface area is 88.9 Å². The van der Waals surface area contributed by atoms with Crippen LogP contribution in [0.3, 0.4) is 0 Å². The number of fused-ring (bicyclic) bond motifs is 1. The van der Waals surface area contributed by atoms with E-state index in [1.54, 1.807) is 6.20 Å². The van der Waals surface area contributed by atoms with Crippen molar-refractivity contribution in [2.75, 3.05) is 6.54 Å². The molecule has 0 aliphatic rings. The fourth-order valence-electron chi connectivity index (χ4n) is 1.64. The van der Waals surface area contributed by atoms with Crippen molar-refractivity contribution in [1.82, 2.24) is 15.0 Å². The zero-order chi connectivity index (χ0) is 10.5. The highest BCUT2D eigenvalue weighted by molar-refractivity contribution is 5.73. The molecule has 2 aromatic rings. The summed E-state index contributed by atoms with van der Waals surface area (Å²) in [5.74, 6) is 1.05. The molecule has 0 fully saturated rings. The van der Waals surface area contributed by atoms with E-state index in [0.717, 1.165) is 42.7 Å². The third-order valence-corrected chi connectivity index (χ3v) is 2.45. The van der Waals surface area contributed by atoms with Gasteiger partial charge in [-0.3, -0.25) is 4.98 Å². The summed E-state index contributed by atoms with van der Waals surface area (Å²) in [6.07, 6.45) is 7.99. The molecule has 80 valence electrons.